The lowest BCUT2D eigenvalue weighted by Crippen LogP contribution is -2.34. The molecule has 0 unspecified atom stereocenters. The summed E-state index contributed by atoms with van der Waals surface area (Å²) < 4.78 is 5.27. The maximum atomic E-state index is 12.7. The van der Waals surface area contributed by atoms with Crippen LogP contribution in [0.15, 0.2) is 22.7 Å². The van der Waals surface area contributed by atoms with Crippen molar-refractivity contribution in [1.29, 1.82) is 0 Å². The van der Waals surface area contributed by atoms with Crippen molar-refractivity contribution >= 4 is 11.7 Å². The summed E-state index contributed by atoms with van der Waals surface area (Å²) in [5, 5.41) is 7.05. The van der Waals surface area contributed by atoms with E-state index in [-0.39, 0.29) is 12.1 Å². The summed E-state index contributed by atoms with van der Waals surface area (Å²) in [6.45, 7) is 8.71. The van der Waals surface area contributed by atoms with Crippen LogP contribution in [0.25, 0.3) is 0 Å². The summed E-state index contributed by atoms with van der Waals surface area (Å²) in [7, 11) is 0. The molecular formula is C18H23N3O2. The smallest absolute Gasteiger partial charge is 0.322 e. The van der Waals surface area contributed by atoms with E-state index in [2.05, 4.69) is 17.4 Å². The number of urea groups is 1. The van der Waals surface area contributed by atoms with E-state index in [4.69, 9.17) is 4.52 Å². The number of rotatable bonds is 2. The molecule has 1 aromatic carbocycles. The highest BCUT2D eigenvalue weighted by atomic mass is 16.5. The van der Waals surface area contributed by atoms with Gasteiger partial charge in [0.1, 0.15) is 5.76 Å². The van der Waals surface area contributed by atoms with Crippen molar-refractivity contribution in [2.24, 2.45) is 0 Å². The first-order chi connectivity index (χ1) is 11.0. The first kappa shape index (κ1) is 15.6. The molecule has 0 bridgehead atoms. The van der Waals surface area contributed by atoms with Crippen LogP contribution in [0, 0.1) is 27.7 Å². The Hall–Kier alpha value is -2.30. The van der Waals surface area contributed by atoms with E-state index in [1.807, 2.05) is 43.9 Å². The minimum Gasteiger partial charge on any atom is -0.361 e. The number of hydrogen-bond acceptors (Lipinski definition) is 3. The van der Waals surface area contributed by atoms with Gasteiger partial charge in [0.15, 0.2) is 0 Å². The number of aryl methyl sites for hydroxylation is 4. The maximum Gasteiger partial charge on any atom is 0.322 e. The third-order valence-electron chi connectivity index (χ3n) is 4.69. The van der Waals surface area contributed by atoms with Crippen molar-refractivity contribution in [2.75, 3.05) is 11.9 Å². The SMILES string of the molecule is Cc1ccc(NC(=O)N2CCC[C@H]2c2c(C)noc2C)cc1C. The Morgan fingerprint density at radius 2 is 2.04 bits per heavy atom. The Morgan fingerprint density at radius 1 is 1.26 bits per heavy atom. The summed E-state index contributed by atoms with van der Waals surface area (Å²) >= 11 is 0. The van der Waals surface area contributed by atoms with Crippen LogP contribution in [-0.2, 0) is 0 Å². The van der Waals surface area contributed by atoms with Crippen LogP contribution < -0.4 is 5.32 Å². The lowest BCUT2D eigenvalue weighted by atomic mass is 10.0. The minimum atomic E-state index is -0.0595. The predicted molar refractivity (Wildman–Crippen MR) is 89.6 cm³/mol. The molecule has 0 saturated carbocycles. The average molecular weight is 313 g/mol. The molecule has 1 saturated heterocycles. The summed E-state index contributed by atoms with van der Waals surface area (Å²) in [6.07, 6.45) is 1.94. The fourth-order valence-electron chi connectivity index (χ4n) is 3.29. The zero-order valence-electron chi connectivity index (χ0n) is 14.1. The van der Waals surface area contributed by atoms with Gasteiger partial charge in [-0.2, -0.15) is 0 Å². The molecule has 5 heteroatoms. The zero-order valence-corrected chi connectivity index (χ0v) is 14.1. The van der Waals surface area contributed by atoms with E-state index in [1.54, 1.807) is 0 Å². The summed E-state index contributed by atoms with van der Waals surface area (Å²) in [5.74, 6) is 0.804. The fourth-order valence-corrected chi connectivity index (χ4v) is 3.29. The number of likely N-dealkylation sites (tertiary alicyclic amines) is 1. The van der Waals surface area contributed by atoms with Gasteiger partial charge >= 0.3 is 6.03 Å². The van der Waals surface area contributed by atoms with Gasteiger partial charge in [0.25, 0.3) is 0 Å². The second kappa shape index (κ2) is 6.07. The summed E-state index contributed by atoms with van der Waals surface area (Å²) in [5.41, 5.74) is 5.16. The highest BCUT2D eigenvalue weighted by Gasteiger charge is 2.33. The van der Waals surface area contributed by atoms with Crippen molar-refractivity contribution in [3.8, 4) is 0 Å². The Balaban J connectivity index is 1.79. The van der Waals surface area contributed by atoms with Crippen LogP contribution in [0.5, 0.6) is 0 Å². The quantitative estimate of drug-likeness (QED) is 0.900. The molecule has 2 heterocycles. The number of carbonyl (C=O) groups is 1. The number of carbonyl (C=O) groups excluding carboxylic acids is 1. The molecule has 122 valence electrons. The van der Waals surface area contributed by atoms with E-state index in [1.165, 1.54) is 11.1 Å². The van der Waals surface area contributed by atoms with Crippen LogP contribution in [0.3, 0.4) is 0 Å². The number of aromatic nitrogens is 1. The highest BCUT2D eigenvalue weighted by Crippen LogP contribution is 2.35. The first-order valence-corrected chi connectivity index (χ1v) is 8.05. The van der Waals surface area contributed by atoms with Crippen molar-refractivity contribution in [3.05, 3.63) is 46.3 Å². The molecule has 1 fully saturated rings. The molecule has 23 heavy (non-hydrogen) atoms. The molecule has 1 aliphatic rings. The number of benzene rings is 1. The molecule has 0 aliphatic carbocycles. The number of hydrogen-bond donors (Lipinski definition) is 1. The standard InChI is InChI=1S/C18H23N3O2/c1-11-7-8-15(10-12(11)2)19-18(22)21-9-5-6-16(21)17-13(3)20-23-14(17)4/h7-8,10,16H,5-6,9H2,1-4H3,(H,19,22)/t16-/m0/s1. The van der Waals surface area contributed by atoms with Gasteiger partial charge in [-0.25, -0.2) is 4.79 Å². The van der Waals surface area contributed by atoms with Gasteiger partial charge in [0.05, 0.1) is 11.7 Å². The van der Waals surface area contributed by atoms with E-state index in [9.17, 15) is 4.79 Å². The van der Waals surface area contributed by atoms with Crippen LogP contribution in [0.4, 0.5) is 10.5 Å². The molecule has 1 aromatic heterocycles. The number of amides is 2. The second-order valence-electron chi connectivity index (χ2n) is 6.32. The molecule has 1 N–H and O–H groups in total. The molecule has 3 rings (SSSR count). The third kappa shape index (κ3) is 2.96. The lowest BCUT2D eigenvalue weighted by molar-refractivity contribution is 0.206. The summed E-state index contributed by atoms with van der Waals surface area (Å²) in [6, 6.07) is 5.97. The third-order valence-corrected chi connectivity index (χ3v) is 4.69. The molecule has 0 spiro atoms. The molecular weight excluding hydrogens is 290 g/mol. The van der Waals surface area contributed by atoms with Crippen molar-refractivity contribution in [3.63, 3.8) is 0 Å². The van der Waals surface area contributed by atoms with Gasteiger partial charge in [0.2, 0.25) is 0 Å². The van der Waals surface area contributed by atoms with Crippen LogP contribution in [0.2, 0.25) is 0 Å². The van der Waals surface area contributed by atoms with Crippen molar-refractivity contribution in [1.82, 2.24) is 10.1 Å². The zero-order chi connectivity index (χ0) is 16.6. The van der Waals surface area contributed by atoms with Crippen LogP contribution in [-0.4, -0.2) is 22.6 Å². The normalized spacial score (nSPS) is 17.6. The Bertz CT molecular complexity index is 716. The Morgan fingerprint density at radius 3 is 2.70 bits per heavy atom. The number of anilines is 1. The van der Waals surface area contributed by atoms with Gasteiger partial charge in [-0.1, -0.05) is 11.2 Å². The molecule has 2 aromatic rings. The van der Waals surface area contributed by atoms with Crippen LogP contribution >= 0.6 is 0 Å². The number of nitrogens with one attached hydrogen (secondary N) is 1. The average Bonchev–Trinajstić information content (AvgIpc) is 3.09. The van der Waals surface area contributed by atoms with Crippen molar-refractivity contribution < 1.29 is 9.32 Å². The fraction of sp³-hybridized carbons (Fsp3) is 0.444. The monoisotopic (exact) mass is 313 g/mol. The van der Waals surface area contributed by atoms with E-state index in [0.717, 1.165) is 42.1 Å². The second-order valence-corrected chi connectivity index (χ2v) is 6.32. The maximum absolute atomic E-state index is 12.7. The van der Waals surface area contributed by atoms with Crippen LogP contribution in [0.1, 0.15) is 47.0 Å². The Kier molecular flexibility index (Phi) is 4.11. The van der Waals surface area contributed by atoms with Crippen molar-refractivity contribution in [2.45, 2.75) is 46.6 Å². The molecule has 1 atom stereocenters. The highest BCUT2D eigenvalue weighted by molar-refractivity contribution is 5.90. The molecule has 0 radical (unpaired) electrons. The minimum absolute atomic E-state index is 0.0489. The van der Waals surface area contributed by atoms with Gasteiger partial charge < -0.3 is 14.7 Å². The van der Waals surface area contributed by atoms with E-state index < -0.39 is 0 Å². The molecule has 1 aliphatic heterocycles. The molecule has 2 amide bonds. The molecule has 5 nitrogen and oxygen atoms in total. The van der Waals surface area contributed by atoms with Gasteiger partial charge in [-0.3, -0.25) is 0 Å². The topological polar surface area (TPSA) is 58.4 Å². The van der Waals surface area contributed by atoms with E-state index >= 15 is 0 Å². The van der Waals surface area contributed by atoms with E-state index in [0.29, 0.717) is 0 Å². The van der Waals surface area contributed by atoms with Gasteiger partial charge in [-0.15, -0.1) is 0 Å². The lowest BCUT2D eigenvalue weighted by Gasteiger charge is -2.25. The first-order valence-electron chi connectivity index (χ1n) is 8.05. The largest absolute Gasteiger partial charge is 0.361 e. The summed E-state index contributed by atoms with van der Waals surface area (Å²) in [4.78, 5) is 14.6. The van der Waals surface area contributed by atoms with Gasteiger partial charge in [-0.05, 0) is 63.8 Å². The Labute approximate surface area is 136 Å². The predicted octanol–water partition coefficient (Wildman–Crippen LogP) is 4.28. The van der Waals surface area contributed by atoms with Gasteiger partial charge in [0, 0.05) is 17.8 Å². The number of nitrogens with zero attached hydrogens (tertiary/aromatic N) is 2.